The fourth-order valence-electron chi connectivity index (χ4n) is 2.76. The lowest BCUT2D eigenvalue weighted by Crippen LogP contribution is -1.90. The summed E-state index contributed by atoms with van der Waals surface area (Å²) in [6.45, 7) is 0. The third kappa shape index (κ3) is 1.69. The summed E-state index contributed by atoms with van der Waals surface area (Å²) in [5, 5.41) is 3.82. The van der Waals surface area contributed by atoms with E-state index in [9.17, 15) is 0 Å². The summed E-state index contributed by atoms with van der Waals surface area (Å²) in [6, 6.07) is 23.4. The number of nitrogens with zero attached hydrogens (tertiary/aromatic N) is 1. The molecule has 3 aromatic carbocycles. The highest BCUT2D eigenvalue weighted by Crippen LogP contribution is 2.31. The van der Waals surface area contributed by atoms with Gasteiger partial charge < -0.3 is 4.57 Å². The zero-order valence-electron chi connectivity index (χ0n) is 10.8. The van der Waals surface area contributed by atoms with E-state index in [2.05, 4.69) is 87.4 Å². The van der Waals surface area contributed by atoms with E-state index in [0.29, 0.717) is 0 Å². The minimum atomic E-state index is 1.14. The van der Waals surface area contributed by atoms with Crippen molar-refractivity contribution in [2.24, 2.45) is 0 Å². The molecule has 4 aromatic rings. The fourth-order valence-corrected chi connectivity index (χ4v) is 3.26. The molecule has 4 rings (SSSR count). The molecule has 2 heteroatoms. The number of rotatable bonds is 1. The van der Waals surface area contributed by atoms with Crippen LogP contribution in [0, 0.1) is 0 Å². The predicted molar refractivity (Wildman–Crippen MR) is 88.5 cm³/mol. The molecule has 0 saturated heterocycles. The summed E-state index contributed by atoms with van der Waals surface area (Å²) >= 11 is 3.63. The van der Waals surface area contributed by atoms with Crippen molar-refractivity contribution >= 4 is 37.6 Å². The first kappa shape index (κ1) is 11.7. The molecular weight excluding hydrogens is 310 g/mol. The van der Waals surface area contributed by atoms with Gasteiger partial charge in [-0.3, -0.25) is 0 Å². The van der Waals surface area contributed by atoms with E-state index in [1.54, 1.807) is 0 Å². The number of fused-ring (bicyclic) bond motifs is 3. The maximum atomic E-state index is 3.63. The molecule has 0 spiro atoms. The number of para-hydroxylation sites is 1. The highest BCUT2D eigenvalue weighted by atomic mass is 79.9. The van der Waals surface area contributed by atoms with Crippen molar-refractivity contribution in [2.75, 3.05) is 0 Å². The first-order valence-corrected chi connectivity index (χ1v) is 7.37. The fraction of sp³-hybridized carbons (Fsp3) is 0. The Morgan fingerprint density at radius 3 is 2.35 bits per heavy atom. The lowest BCUT2D eigenvalue weighted by Gasteiger charge is -2.07. The molecule has 0 saturated carbocycles. The quantitative estimate of drug-likeness (QED) is 0.433. The van der Waals surface area contributed by atoms with Gasteiger partial charge in [0.15, 0.2) is 0 Å². The van der Waals surface area contributed by atoms with Gasteiger partial charge in [0.05, 0.1) is 5.52 Å². The van der Waals surface area contributed by atoms with Crippen molar-refractivity contribution in [1.82, 2.24) is 4.57 Å². The molecule has 0 radical (unpaired) electrons. The number of hydrogen-bond acceptors (Lipinski definition) is 0. The molecule has 1 heterocycles. The van der Waals surface area contributed by atoms with Crippen LogP contribution in [0.15, 0.2) is 77.4 Å². The van der Waals surface area contributed by atoms with Gasteiger partial charge in [0, 0.05) is 21.7 Å². The molecule has 0 N–H and O–H groups in total. The third-order valence-electron chi connectivity index (χ3n) is 3.71. The smallest absolute Gasteiger partial charge is 0.0534 e. The predicted octanol–water partition coefficient (Wildman–Crippen LogP) is 5.55. The van der Waals surface area contributed by atoms with Gasteiger partial charge in [0.2, 0.25) is 0 Å². The van der Waals surface area contributed by atoms with Crippen molar-refractivity contribution < 1.29 is 0 Å². The maximum absolute atomic E-state index is 3.63. The minimum Gasteiger partial charge on any atom is -0.317 e. The van der Waals surface area contributed by atoms with Crippen LogP contribution in [0.5, 0.6) is 0 Å². The van der Waals surface area contributed by atoms with Gasteiger partial charge in [-0.25, -0.2) is 0 Å². The Kier molecular flexibility index (Phi) is 2.64. The van der Waals surface area contributed by atoms with Gasteiger partial charge in [-0.2, -0.15) is 0 Å². The highest BCUT2D eigenvalue weighted by molar-refractivity contribution is 9.10. The Bertz CT molecular complexity index is 907. The van der Waals surface area contributed by atoms with E-state index in [1.165, 1.54) is 27.4 Å². The molecule has 0 aliphatic carbocycles. The normalized spacial score (nSPS) is 11.2. The summed E-state index contributed by atoms with van der Waals surface area (Å²) in [5.41, 5.74) is 2.43. The minimum absolute atomic E-state index is 1.14. The number of aromatic nitrogens is 1. The van der Waals surface area contributed by atoms with Gasteiger partial charge in [0.1, 0.15) is 0 Å². The largest absolute Gasteiger partial charge is 0.317 e. The molecule has 0 unspecified atom stereocenters. The molecule has 1 nitrogen and oxygen atoms in total. The molecule has 0 fully saturated rings. The molecule has 0 aliphatic rings. The molecule has 1 aromatic heterocycles. The van der Waals surface area contributed by atoms with Crippen molar-refractivity contribution in [3.05, 3.63) is 77.4 Å². The zero-order chi connectivity index (χ0) is 13.5. The van der Waals surface area contributed by atoms with Crippen LogP contribution in [0.3, 0.4) is 0 Å². The molecule has 0 amide bonds. The lowest BCUT2D eigenvalue weighted by molar-refractivity contribution is 1.13. The summed E-state index contributed by atoms with van der Waals surface area (Å²) in [6.07, 6.45) is 2.14. The SMILES string of the molecule is Brc1cccc2c1ccc1c2ccn1-c1ccccc1. The topological polar surface area (TPSA) is 4.93 Å². The number of hydrogen-bond donors (Lipinski definition) is 0. The van der Waals surface area contributed by atoms with Crippen LogP contribution in [-0.4, -0.2) is 4.57 Å². The van der Waals surface area contributed by atoms with Crippen molar-refractivity contribution in [3.8, 4) is 5.69 Å². The molecular formula is C18H12BrN. The van der Waals surface area contributed by atoms with Crippen LogP contribution in [-0.2, 0) is 0 Å². The average molecular weight is 322 g/mol. The van der Waals surface area contributed by atoms with Crippen LogP contribution in [0.2, 0.25) is 0 Å². The monoisotopic (exact) mass is 321 g/mol. The van der Waals surface area contributed by atoms with E-state index < -0.39 is 0 Å². The van der Waals surface area contributed by atoms with E-state index in [1.807, 2.05) is 6.07 Å². The summed E-state index contributed by atoms with van der Waals surface area (Å²) in [4.78, 5) is 0. The van der Waals surface area contributed by atoms with Gasteiger partial charge in [0.25, 0.3) is 0 Å². The van der Waals surface area contributed by atoms with E-state index >= 15 is 0 Å². The van der Waals surface area contributed by atoms with Gasteiger partial charge >= 0.3 is 0 Å². The summed E-state index contributed by atoms with van der Waals surface area (Å²) in [5.74, 6) is 0. The van der Waals surface area contributed by atoms with Gasteiger partial charge in [-0.05, 0) is 41.1 Å². The Labute approximate surface area is 125 Å². The Morgan fingerprint density at radius 1 is 0.650 bits per heavy atom. The summed E-state index contributed by atoms with van der Waals surface area (Å²) in [7, 11) is 0. The van der Waals surface area contributed by atoms with Crippen LogP contribution >= 0.6 is 15.9 Å². The highest BCUT2D eigenvalue weighted by Gasteiger charge is 2.07. The second kappa shape index (κ2) is 4.50. The molecule has 0 aliphatic heterocycles. The van der Waals surface area contributed by atoms with E-state index in [4.69, 9.17) is 0 Å². The second-order valence-corrected chi connectivity index (χ2v) is 5.71. The summed E-state index contributed by atoms with van der Waals surface area (Å²) < 4.78 is 3.37. The number of benzene rings is 3. The lowest BCUT2D eigenvalue weighted by atomic mass is 10.1. The maximum Gasteiger partial charge on any atom is 0.0534 e. The van der Waals surface area contributed by atoms with Crippen LogP contribution < -0.4 is 0 Å². The van der Waals surface area contributed by atoms with Crippen molar-refractivity contribution in [1.29, 1.82) is 0 Å². The third-order valence-corrected chi connectivity index (χ3v) is 4.40. The van der Waals surface area contributed by atoms with Crippen molar-refractivity contribution in [2.45, 2.75) is 0 Å². The van der Waals surface area contributed by atoms with Crippen molar-refractivity contribution in [3.63, 3.8) is 0 Å². The number of halogens is 1. The molecule has 0 bridgehead atoms. The Balaban J connectivity index is 2.08. The first-order chi connectivity index (χ1) is 9.84. The molecule has 20 heavy (non-hydrogen) atoms. The van der Waals surface area contributed by atoms with Crippen LogP contribution in [0.25, 0.3) is 27.4 Å². The Hall–Kier alpha value is -2.06. The van der Waals surface area contributed by atoms with Crippen LogP contribution in [0.4, 0.5) is 0 Å². The van der Waals surface area contributed by atoms with Gasteiger partial charge in [-0.15, -0.1) is 0 Å². The van der Waals surface area contributed by atoms with Crippen LogP contribution in [0.1, 0.15) is 0 Å². The second-order valence-electron chi connectivity index (χ2n) is 4.85. The molecule has 96 valence electrons. The van der Waals surface area contributed by atoms with Gasteiger partial charge in [-0.1, -0.05) is 52.3 Å². The van der Waals surface area contributed by atoms with E-state index in [-0.39, 0.29) is 0 Å². The Morgan fingerprint density at radius 2 is 1.50 bits per heavy atom. The first-order valence-electron chi connectivity index (χ1n) is 6.58. The van der Waals surface area contributed by atoms with E-state index in [0.717, 1.165) is 4.47 Å². The standard InChI is InChI=1S/C18H12BrN/c19-17-8-4-7-14-15(17)9-10-18-16(14)11-12-20(18)13-5-2-1-3-6-13/h1-12H. The molecule has 0 atom stereocenters. The average Bonchev–Trinajstić information content (AvgIpc) is 2.93. The zero-order valence-corrected chi connectivity index (χ0v) is 12.3.